The van der Waals surface area contributed by atoms with Crippen molar-refractivity contribution in [1.82, 2.24) is 9.03 Å². The summed E-state index contributed by atoms with van der Waals surface area (Å²) in [7, 11) is -3.29. The van der Waals surface area contributed by atoms with Gasteiger partial charge in [0.25, 0.3) is 10.2 Å². The molecule has 96 valence electrons. The zero-order valence-corrected chi connectivity index (χ0v) is 11.5. The van der Waals surface area contributed by atoms with Crippen LogP contribution < -0.4 is 4.72 Å². The number of halogens is 1. The summed E-state index contributed by atoms with van der Waals surface area (Å²) in [6, 6.07) is 0. The Morgan fingerprint density at radius 3 is 2.38 bits per heavy atom. The highest BCUT2D eigenvalue weighted by molar-refractivity contribution is 7.87. The van der Waals surface area contributed by atoms with Crippen LogP contribution in [-0.2, 0) is 10.2 Å². The van der Waals surface area contributed by atoms with Crippen molar-refractivity contribution in [3.8, 4) is 0 Å². The molecule has 2 atom stereocenters. The van der Waals surface area contributed by atoms with Gasteiger partial charge in [0, 0.05) is 25.0 Å². The molecule has 1 aliphatic rings. The molecule has 2 unspecified atom stereocenters. The van der Waals surface area contributed by atoms with E-state index in [4.69, 9.17) is 11.6 Å². The summed E-state index contributed by atoms with van der Waals surface area (Å²) in [5.41, 5.74) is 0. The van der Waals surface area contributed by atoms with Crippen molar-refractivity contribution < 1.29 is 8.42 Å². The number of hydrogen-bond acceptors (Lipinski definition) is 2. The van der Waals surface area contributed by atoms with Crippen LogP contribution in [0.25, 0.3) is 0 Å². The lowest BCUT2D eigenvalue weighted by atomic mass is 10.1. The van der Waals surface area contributed by atoms with Gasteiger partial charge in [-0.15, -0.1) is 11.6 Å². The molecule has 1 aliphatic carbocycles. The first-order valence-electron chi connectivity index (χ1n) is 5.88. The van der Waals surface area contributed by atoms with Crippen molar-refractivity contribution in [2.45, 2.75) is 38.5 Å². The molecule has 0 aliphatic heterocycles. The SMILES string of the molecule is CCN(CC)S(=O)(=O)NCC1CCC(Cl)C1. The summed E-state index contributed by atoms with van der Waals surface area (Å²) >= 11 is 5.99. The van der Waals surface area contributed by atoms with E-state index in [-0.39, 0.29) is 5.38 Å². The van der Waals surface area contributed by atoms with Crippen molar-refractivity contribution in [1.29, 1.82) is 0 Å². The molecule has 0 bridgehead atoms. The van der Waals surface area contributed by atoms with Gasteiger partial charge in [0.05, 0.1) is 0 Å². The van der Waals surface area contributed by atoms with Gasteiger partial charge in [-0.1, -0.05) is 13.8 Å². The van der Waals surface area contributed by atoms with Crippen LogP contribution in [-0.4, -0.2) is 37.7 Å². The predicted molar refractivity (Wildman–Crippen MR) is 66.8 cm³/mol. The molecule has 0 aromatic carbocycles. The monoisotopic (exact) mass is 268 g/mol. The Morgan fingerprint density at radius 2 is 1.94 bits per heavy atom. The standard InChI is InChI=1S/C10H21ClN2O2S/c1-3-13(4-2)16(14,15)12-8-9-5-6-10(11)7-9/h9-10,12H,3-8H2,1-2H3. The second-order valence-corrected chi connectivity index (χ2v) is 6.59. The Balaban J connectivity index is 2.41. The molecular formula is C10H21ClN2O2S. The van der Waals surface area contributed by atoms with Crippen LogP contribution in [0.2, 0.25) is 0 Å². The minimum absolute atomic E-state index is 0.225. The summed E-state index contributed by atoms with van der Waals surface area (Å²) in [5.74, 6) is 0.396. The largest absolute Gasteiger partial charge is 0.279 e. The molecule has 16 heavy (non-hydrogen) atoms. The van der Waals surface area contributed by atoms with Crippen LogP contribution in [0.4, 0.5) is 0 Å². The third-order valence-corrected chi connectivity index (χ3v) is 5.20. The van der Waals surface area contributed by atoms with Crippen molar-refractivity contribution in [2.24, 2.45) is 5.92 Å². The molecule has 0 saturated heterocycles. The van der Waals surface area contributed by atoms with Crippen LogP contribution >= 0.6 is 11.6 Å². The minimum atomic E-state index is -3.29. The summed E-state index contributed by atoms with van der Waals surface area (Å²) in [5, 5.41) is 0.225. The van der Waals surface area contributed by atoms with E-state index in [0.717, 1.165) is 19.3 Å². The molecule has 1 fully saturated rings. The molecule has 0 heterocycles. The Hall–Kier alpha value is 0.160. The van der Waals surface area contributed by atoms with Gasteiger partial charge >= 0.3 is 0 Å². The lowest BCUT2D eigenvalue weighted by molar-refractivity contribution is 0.425. The molecule has 6 heteroatoms. The second-order valence-electron chi connectivity index (χ2n) is 4.21. The van der Waals surface area contributed by atoms with E-state index in [9.17, 15) is 8.42 Å². The summed E-state index contributed by atoms with van der Waals surface area (Å²) in [4.78, 5) is 0. The lowest BCUT2D eigenvalue weighted by Gasteiger charge is -2.20. The molecule has 0 spiro atoms. The lowest BCUT2D eigenvalue weighted by Crippen LogP contribution is -2.42. The van der Waals surface area contributed by atoms with E-state index in [2.05, 4.69) is 4.72 Å². The van der Waals surface area contributed by atoms with Crippen molar-refractivity contribution in [3.63, 3.8) is 0 Å². The van der Waals surface area contributed by atoms with Crippen LogP contribution in [0.15, 0.2) is 0 Å². The van der Waals surface area contributed by atoms with E-state index in [0.29, 0.717) is 25.6 Å². The minimum Gasteiger partial charge on any atom is -0.202 e. The average molecular weight is 269 g/mol. The van der Waals surface area contributed by atoms with Crippen LogP contribution in [0, 0.1) is 5.92 Å². The molecule has 0 amide bonds. The first-order valence-corrected chi connectivity index (χ1v) is 7.76. The normalized spacial score (nSPS) is 26.5. The van der Waals surface area contributed by atoms with Gasteiger partial charge in [0.1, 0.15) is 0 Å². The Labute approximate surface area is 104 Å². The highest BCUT2D eigenvalue weighted by atomic mass is 35.5. The Morgan fingerprint density at radius 1 is 1.31 bits per heavy atom. The first-order chi connectivity index (χ1) is 7.49. The number of rotatable bonds is 6. The fourth-order valence-corrected chi connectivity index (χ4v) is 3.76. The van der Waals surface area contributed by atoms with E-state index >= 15 is 0 Å². The van der Waals surface area contributed by atoms with Gasteiger partial charge in [-0.05, 0) is 25.2 Å². The Kier molecular flexibility index (Phi) is 5.50. The smallest absolute Gasteiger partial charge is 0.202 e. The van der Waals surface area contributed by atoms with Crippen LogP contribution in [0.3, 0.4) is 0 Å². The Bertz CT molecular complexity index is 304. The van der Waals surface area contributed by atoms with E-state index in [1.807, 2.05) is 13.8 Å². The van der Waals surface area contributed by atoms with Crippen LogP contribution in [0.1, 0.15) is 33.1 Å². The first kappa shape index (κ1) is 14.2. The third-order valence-electron chi connectivity index (χ3n) is 3.08. The molecule has 1 rings (SSSR count). The quantitative estimate of drug-likeness (QED) is 0.744. The zero-order valence-electron chi connectivity index (χ0n) is 9.95. The maximum absolute atomic E-state index is 11.8. The predicted octanol–water partition coefficient (Wildman–Crippen LogP) is 1.57. The number of alkyl halides is 1. The topological polar surface area (TPSA) is 49.4 Å². The van der Waals surface area contributed by atoms with E-state index < -0.39 is 10.2 Å². The summed E-state index contributed by atoms with van der Waals surface area (Å²) in [6.45, 7) is 5.21. The highest BCUT2D eigenvalue weighted by Gasteiger charge is 2.25. The molecule has 1 saturated carbocycles. The summed E-state index contributed by atoms with van der Waals surface area (Å²) in [6.07, 6.45) is 2.94. The molecular weight excluding hydrogens is 248 g/mol. The summed E-state index contributed by atoms with van der Waals surface area (Å²) < 4.78 is 27.7. The van der Waals surface area contributed by atoms with Crippen LogP contribution in [0.5, 0.6) is 0 Å². The zero-order chi connectivity index (χ0) is 12.2. The maximum Gasteiger partial charge on any atom is 0.279 e. The molecule has 1 N–H and O–H groups in total. The molecule has 0 radical (unpaired) electrons. The van der Waals surface area contributed by atoms with Gasteiger partial charge in [-0.25, -0.2) is 4.72 Å². The molecule has 4 nitrogen and oxygen atoms in total. The van der Waals surface area contributed by atoms with Gasteiger partial charge in [-0.2, -0.15) is 12.7 Å². The van der Waals surface area contributed by atoms with Gasteiger partial charge in [-0.3, -0.25) is 0 Å². The highest BCUT2D eigenvalue weighted by Crippen LogP contribution is 2.28. The van der Waals surface area contributed by atoms with Gasteiger partial charge in [0.2, 0.25) is 0 Å². The van der Waals surface area contributed by atoms with E-state index in [1.165, 1.54) is 4.31 Å². The maximum atomic E-state index is 11.8. The molecule has 0 aromatic rings. The van der Waals surface area contributed by atoms with Crippen molar-refractivity contribution in [2.75, 3.05) is 19.6 Å². The number of hydrogen-bond donors (Lipinski definition) is 1. The second kappa shape index (κ2) is 6.19. The molecule has 0 aromatic heterocycles. The van der Waals surface area contributed by atoms with E-state index in [1.54, 1.807) is 0 Å². The average Bonchev–Trinajstić information content (AvgIpc) is 2.63. The fraction of sp³-hybridized carbons (Fsp3) is 1.00. The van der Waals surface area contributed by atoms with Gasteiger partial charge in [0.15, 0.2) is 0 Å². The van der Waals surface area contributed by atoms with Gasteiger partial charge < -0.3 is 0 Å². The van der Waals surface area contributed by atoms with Crippen molar-refractivity contribution in [3.05, 3.63) is 0 Å². The van der Waals surface area contributed by atoms with Crippen molar-refractivity contribution >= 4 is 21.8 Å². The fourth-order valence-electron chi connectivity index (χ4n) is 2.08. The number of nitrogens with zero attached hydrogens (tertiary/aromatic N) is 1. The third kappa shape index (κ3) is 3.87. The number of nitrogens with one attached hydrogen (secondary N) is 1.